The molecule has 0 aliphatic rings. The third-order valence-electron chi connectivity index (χ3n) is 5.56. The van der Waals surface area contributed by atoms with Crippen molar-refractivity contribution < 1.29 is 4.74 Å². The van der Waals surface area contributed by atoms with Crippen LogP contribution in [0.5, 0.6) is 0 Å². The molecule has 0 bridgehead atoms. The maximum Gasteiger partial charge on any atom is 0.263 e. The number of fused-ring (bicyclic) bond motifs is 3. The van der Waals surface area contributed by atoms with Crippen LogP contribution < -0.4 is 33.0 Å². The van der Waals surface area contributed by atoms with Gasteiger partial charge in [-0.25, -0.2) is 0 Å². The fourth-order valence-electron chi connectivity index (χ4n) is 4.15. The lowest BCUT2D eigenvalue weighted by atomic mass is 9.96. The molecule has 4 aromatic rings. The largest absolute Gasteiger partial charge is 0.397 e. The molecule has 0 amide bonds. The van der Waals surface area contributed by atoms with Crippen LogP contribution in [0.1, 0.15) is 12.8 Å². The maximum absolute atomic E-state index is 13.2. The van der Waals surface area contributed by atoms with Crippen molar-refractivity contribution in [1.82, 2.24) is 4.57 Å². The monoisotopic (exact) mass is 407 g/mol. The molecule has 154 valence electrons. The van der Waals surface area contributed by atoms with Crippen LogP contribution in [0.15, 0.2) is 43.4 Å². The number of ether oxygens (including phenoxy) is 1. The van der Waals surface area contributed by atoms with Gasteiger partial charge in [-0.15, -0.1) is 0 Å². The Kier molecular flexibility index (Phi) is 4.87. The van der Waals surface area contributed by atoms with E-state index in [4.69, 9.17) is 10.5 Å². The van der Waals surface area contributed by atoms with E-state index < -0.39 is 22.0 Å². The second-order valence-corrected chi connectivity index (χ2v) is 7.20. The van der Waals surface area contributed by atoms with Crippen molar-refractivity contribution in [3.63, 3.8) is 0 Å². The summed E-state index contributed by atoms with van der Waals surface area (Å²) in [6.45, 7) is 0.716. The van der Waals surface area contributed by atoms with Gasteiger partial charge in [0.15, 0.2) is 10.9 Å². The van der Waals surface area contributed by atoms with E-state index in [1.54, 1.807) is 38.4 Å². The summed E-state index contributed by atoms with van der Waals surface area (Å²) >= 11 is 0. The van der Waals surface area contributed by atoms with E-state index in [2.05, 4.69) is 5.32 Å². The molecule has 3 aromatic carbocycles. The van der Waals surface area contributed by atoms with Gasteiger partial charge in [0.1, 0.15) is 0 Å². The number of anilines is 2. The first-order chi connectivity index (χ1) is 14.4. The van der Waals surface area contributed by atoms with Gasteiger partial charge in [-0.05, 0) is 12.8 Å². The molecular weight excluding hydrogens is 386 g/mol. The van der Waals surface area contributed by atoms with Crippen molar-refractivity contribution in [3.05, 3.63) is 65.4 Å². The molecule has 0 spiro atoms. The molecule has 30 heavy (non-hydrogen) atoms. The molecule has 0 saturated heterocycles. The summed E-state index contributed by atoms with van der Waals surface area (Å²) in [6.07, 6.45) is 1.25. The highest BCUT2D eigenvalue weighted by Crippen LogP contribution is 2.33. The van der Waals surface area contributed by atoms with Crippen LogP contribution in [0.25, 0.3) is 32.3 Å². The van der Waals surface area contributed by atoms with Crippen LogP contribution >= 0.6 is 0 Å². The SMILES string of the molecule is CNc1c2c(=O)c3ccccc3c(=O)c2c(N)c2c(=O)n(CCCCOC)c(=O)c12. The van der Waals surface area contributed by atoms with Crippen LogP contribution in [0.2, 0.25) is 0 Å². The number of nitrogens with two attached hydrogens (primary N) is 1. The lowest BCUT2D eigenvalue weighted by molar-refractivity contribution is 0.191. The zero-order chi connectivity index (χ0) is 21.6. The average Bonchev–Trinajstić information content (AvgIpc) is 3.00. The zero-order valence-electron chi connectivity index (χ0n) is 16.7. The number of methoxy groups -OCH3 is 1. The normalized spacial score (nSPS) is 11.7. The minimum Gasteiger partial charge on any atom is -0.397 e. The molecule has 0 aliphatic carbocycles. The maximum atomic E-state index is 13.2. The van der Waals surface area contributed by atoms with Gasteiger partial charge < -0.3 is 15.8 Å². The van der Waals surface area contributed by atoms with Crippen molar-refractivity contribution in [2.24, 2.45) is 0 Å². The molecule has 0 fully saturated rings. The van der Waals surface area contributed by atoms with E-state index in [1.165, 1.54) is 0 Å². The number of nitrogen functional groups attached to an aromatic ring is 1. The third kappa shape index (κ3) is 2.64. The molecule has 0 atom stereocenters. The molecule has 0 saturated carbocycles. The van der Waals surface area contributed by atoms with E-state index in [1.807, 2.05) is 0 Å². The van der Waals surface area contributed by atoms with E-state index in [0.717, 1.165) is 4.57 Å². The summed E-state index contributed by atoms with van der Waals surface area (Å²) in [5, 5.41) is 3.39. The Labute approximate surface area is 170 Å². The Hall–Kier alpha value is -3.52. The number of rotatable bonds is 6. The standard InChI is InChI=1S/C22H21N3O5/c1-24-18-15-13(19(26)11-7-3-4-8-12(11)20(15)27)17(23)14-16(18)22(29)25(21(14)28)9-5-6-10-30-2/h3-4,7-8,24H,5-6,9-10,23H2,1-2H3. The summed E-state index contributed by atoms with van der Waals surface area (Å²) in [6, 6.07) is 6.45. The van der Waals surface area contributed by atoms with E-state index in [-0.39, 0.29) is 50.2 Å². The zero-order valence-corrected chi connectivity index (χ0v) is 16.7. The highest BCUT2D eigenvalue weighted by atomic mass is 16.5. The summed E-state index contributed by atoms with van der Waals surface area (Å²) < 4.78 is 6.12. The molecule has 4 rings (SSSR count). The number of aromatic nitrogens is 1. The number of hydrogen-bond donors (Lipinski definition) is 2. The molecule has 0 radical (unpaired) electrons. The molecule has 8 nitrogen and oxygen atoms in total. The fourth-order valence-corrected chi connectivity index (χ4v) is 4.15. The van der Waals surface area contributed by atoms with Crippen molar-refractivity contribution in [3.8, 4) is 0 Å². The Morgan fingerprint density at radius 1 is 0.900 bits per heavy atom. The number of nitrogens with zero attached hydrogens (tertiary/aromatic N) is 1. The number of benzene rings is 3. The van der Waals surface area contributed by atoms with Gasteiger partial charge in [-0.1, -0.05) is 24.3 Å². The number of unbranched alkanes of at least 4 members (excludes halogenated alkanes) is 1. The first-order valence-electron chi connectivity index (χ1n) is 9.64. The quantitative estimate of drug-likeness (QED) is 0.214. The van der Waals surface area contributed by atoms with Crippen LogP contribution in [-0.2, 0) is 11.3 Å². The first kappa shape index (κ1) is 19.8. The van der Waals surface area contributed by atoms with Gasteiger partial charge >= 0.3 is 0 Å². The van der Waals surface area contributed by atoms with Crippen LogP contribution in [0.4, 0.5) is 11.4 Å². The highest BCUT2D eigenvalue weighted by Gasteiger charge is 2.25. The molecule has 3 N–H and O–H groups in total. The molecule has 1 heterocycles. The van der Waals surface area contributed by atoms with Gasteiger partial charge in [-0.3, -0.25) is 23.7 Å². The Balaban J connectivity index is 2.18. The minimum atomic E-state index is -0.552. The van der Waals surface area contributed by atoms with Gasteiger partial charge in [0.2, 0.25) is 0 Å². The number of hydrogen-bond acceptors (Lipinski definition) is 7. The van der Waals surface area contributed by atoms with E-state index in [0.29, 0.717) is 19.4 Å². The minimum absolute atomic E-state index is 0.0182. The third-order valence-corrected chi connectivity index (χ3v) is 5.56. The summed E-state index contributed by atoms with van der Waals surface area (Å²) in [5.41, 5.74) is 4.39. The Bertz CT molecular complexity index is 1510. The van der Waals surface area contributed by atoms with Gasteiger partial charge in [-0.2, -0.15) is 0 Å². The molecule has 8 heteroatoms. The van der Waals surface area contributed by atoms with E-state index in [9.17, 15) is 19.2 Å². The summed E-state index contributed by atoms with van der Waals surface area (Å²) in [5.74, 6) is 0. The predicted molar refractivity (Wildman–Crippen MR) is 119 cm³/mol. The van der Waals surface area contributed by atoms with Gasteiger partial charge in [0.25, 0.3) is 11.1 Å². The smallest absolute Gasteiger partial charge is 0.263 e. The lowest BCUT2D eigenvalue weighted by Crippen LogP contribution is -2.25. The van der Waals surface area contributed by atoms with Crippen LogP contribution in [-0.4, -0.2) is 25.3 Å². The second-order valence-electron chi connectivity index (χ2n) is 7.20. The second kappa shape index (κ2) is 7.38. The van der Waals surface area contributed by atoms with Gasteiger partial charge in [0, 0.05) is 38.1 Å². The lowest BCUT2D eigenvalue weighted by Gasteiger charge is -2.10. The van der Waals surface area contributed by atoms with E-state index >= 15 is 0 Å². The topological polar surface area (TPSA) is 120 Å². The van der Waals surface area contributed by atoms with Crippen molar-refractivity contribution in [1.29, 1.82) is 0 Å². The Morgan fingerprint density at radius 2 is 1.50 bits per heavy atom. The number of nitrogens with one attached hydrogen (secondary N) is 1. The molecule has 1 aromatic heterocycles. The fraction of sp³-hybridized carbons (Fsp3) is 0.273. The predicted octanol–water partition coefficient (Wildman–Crippen LogP) is 1.31. The molecular formula is C22H21N3O5. The highest BCUT2D eigenvalue weighted by molar-refractivity contribution is 6.21. The summed E-state index contributed by atoms with van der Waals surface area (Å²) in [7, 11) is 3.13. The van der Waals surface area contributed by atoms with Crippen LogP contribution in [0, 0.1) is 0 Å². The van der Waals surface area contributed by atoms with Crippen molar-refractivity contribution in [2.45, 2.75) is 19.4 Å². The molecule has 0 unspecified atom stereocenters. The Morgan fingerprint density at radius 3 is 2.10 bits per heavy atom. The van der Waals surface area contributed by atoms with Gasteiger partial charge in [0.05, 0.1) is 32.9 Å². The van der Waals surface area contributed by atoms with Crippen molar-refractivity contribution >= 4 is 43.7 Å². The molecule has 0 aliphatic heterocycles. The van der Waals surface area contributed by atoms with Crippen LogP contribution in [0.3, 0.4) is 0 Å². The van der Waals surface area contributed by atoms with Crippen molar-refractivity contribution in [2.75, 3.05) is 31.8 Å². The first-order valence-corrected chi connectivity index (χ1v) is 9.64. The summed E-state index contributed by atoms with van der Waals surface area (Å²) in [4.78, 5) is 52.6. The average molecular weight is 407 g/mol.